The van der Waals surface area contributed by atoms with Gasteiger partial charge in [-0.25, -0.2) is 4.79 Å². The van der Waals surface area contributed by atoms with Crippen molar-refractivity contribution in [3.05, 3.63) is 65.4 Å². The van der Waals surface area contributed by atoms with Gasteiger partial charge in [0.25, 0.3) is 5.91 Å². The van der Waals surface area contributed by atoms with Crippen LogP contribution in [0.3, 0.4) is 0 Å². The molecule has 30 heavy (non-hydrogen) atoms. The van der Waals surface area contributed by atoms with Gasteiger partial charge in [-0.1, -0.05) is 38.1 Å². The Balaban J connectivity index is 1.64. The highest BCUT2D eigenvalue weighted by molar-refractivity contribution is 5.98. The van der Waals surface area contributed by atoms with E-state index >= 15 is 0 Å². The maximum Gasteiger partial charge on any atom is 0.328 e. The van der Waals surface area contributed by atoms with Gasteiger partial charge in [0.2, 0.25) is 0 Å². The minimum absolute atomic E-state index is 0.0228. The number of carboxylic acids is 1. The minimum Gasteiger partial charge on any atom is -0.497 e. The third-order valence-electron chi connectivity index (χ3n) is 4.77. The summed E-state index contributed by atoms with van der Waals surface area (Å²) in [6.45, 7) is 4.27. The molecule has 0 aliphatic heterocycles. The average molecular weight is 411 g/mol. The largest absolute Gasteiger partial charge is 0.497 e. The van der Waals surface area contributed by atoms with Crippen LogP contribution in [0.1, 0.15) is 41.4 Å². The zero-order valence-corrected chi connectivity index (χ0v) is 17.2. The van der Waals surface area contributed by atoms with Crippen LogP contribution in [0, 0.1) is 0 Å². The normalized spacial score (nSPS) is 12.1. The van der Waals surface area contributed by atoms with Crippen LogP contribution in [-0.4, -0.2) is 36.7 Å². The monoisotopic (exact) mass is 411 g/mol. The molecule has 0 saturated carbocycles. The van der Waals surface area contributed by atoms with Crippen LogP contribution in [0.4, 0.5) is 0 Å². The number of nitrogens with one attached hydrogen (secondary N) is 1. The van der Waals surface area contributed by atoms with Crippen LogP contribution >= 0.6 is 0 Å². The third kappa shape index (κ3) is 4.99. The second kappa shape index (κ2) is 9.45. The molecule has 7 nitrogen and oxygen atoms in total. The van der Waals surface area contributed by atoms with Crippen molar-refractivity contribution in [2.24, 2.45) is 0 Å². The highest BCUT2D eigenvalue weighted by Crippen LogP contribution is 2.24. The number of methoxy groups -OCH3 is 1. The van der Waals surface area contributed by atoms with Gasteiger partial charge in [-0.05, 0) is 41.3 Å². The van der Waals surface area contributed by atoms with Gasteiger partial charge in [-0.2, -0.15) is 0 Å². The van der Waals surface area contributed by atoms with E-state index in [9.17, 15) is 14.7 Å². The van der Waals surface area contributed by atoms with Crippen molar-refractivity contribution in [1.29, 1.82) is 0 Å². The molecular formula is C23H25NO6. The molecular weight excluding hydrogens is 386 g/mol. The van der Waals surface area contributed by atoms with Gasteiger partial charge in [-0.15, -0.1) is 0 Å². The summed E-state index contributed by atoms with van der Waals surface area (Å²) in [4.78, 5) is 24.1. The number of hydrogen-bond acceptors (Lipinski definition) is 5. The van der Waals surface area contributed by atoms with Crippen molar-refractivity contribution in [2.75, 3.05) is 13.7 Å². The molecule has 0 fully saturated rings. The molecule has 0 aliphatic rings. The van der Waals surface area contributed by atoms with Gasteiger partial charge < -0.3 is 24.3 Å². The Bertz CT molecular complexity index is 1040. The predicted octanol–water partition coefficient (Wildman–Crippen LogP) is 3.96. The van der Waals surface area contributed by atoms with Gasteiger partial charge in [-0.3, -0.25) is 4.79 Å². The van der Waals surface area contributed by atoms with Crippen LogP contribution in [0.15, 0.2) is 52.9 Å². The molecule has 2 N–H and O–H groups in total. The summed E-state index contributed by atoms with van der Waals surface area (Å²) >= 11 is 0. The van der Waals surface area contributed by atoms with E-state index in [0.29, 0.717) is 22.6 Å². The molecule has 3 aromatic rings. The Morgan fingerprint density at radius 3 is 2.60 bits per heavy atom. The maximum atomic E-state index is 12.5. The number of carbonyl (C=O) groups excluding carboxylic acids is 1. The van der Waals surface area contributed by atoms with Gasteiger partial charge in [0, 0.05) is 5.39 Å². The average Bonchev–Trinajstić information content (AvgIpc) is 3.16. The van der Waals surface area contributed by atoms with Gasteiger partial charge in [0.15, 0.2) is 11.8 Å². The number of carbonyl (C=O) groups is 2. The van der Waals surface area contributed by atoms with Crippen molar-refractivity contribution in [3.8, 4) is 5.75 Å². The summed E-state index contributed by atoms with van der Waals surface area (Å²) in [5.41, 5.74) is 2.65. The Labute approximate surface area is 174 Å². The van der Waals surface area contributed by atoms with Gasteiger partial charge >= 0.3 is 5.97 Å². The van der Waals surface area contributed by atoms with Crippen LogP contribution in [0.25, 0.3) is 11.0 Å². The van der Waals surface area contributed by atoms with Crippen LogP contribution in [-0.2, 0) is 16.1 Å². The van der Waals surface area contributed by atoms with Crippen LogP contribution < -0.4 is 10.1 Å². The molecule has 1 unspecified atom stereocenters. The molecule has 2 aromatic carbocycles. The quantitative estimate of drug-likeness (QED) is 0.553. The van der Waals surface area contributed by atoms with Crippen molar-refractivity contribution < 1.29 is 28.6 Å². The molecule has 0 bridgehead atoms. The standard InChI is InChI=1S/C23H25NO6/c1-14(2)18-7-5-4-6-15(18)12-29-13-19(23(26)27)24-22(25)21-11-16-10-17(28-3)8-9-20(16)30-21/h4-11,14,19H,12-13H2,1-3H3,(H,24,25)(H,26,27). The number of aliphatic carboxylic acids is 1. The van der Waals surface area contributed by atoms with E-state index in [1.165, 1.54) is 0 Å². The summed E-state index contributed by atoms with van der Waals surface area (Å²) in [6, 6.07) is 13.3. The summed E-state index contributed by atoms with van der Waals surface area (Å²) in [7, 11) is 1.55. The second-order valence-electron chi connectivity index (χ2n) is 7.25. The summed E-state index contributed by atoms with van der Waals surface area (Å²) in [5, 5.41) is 12.6. The van der Waals surface area contributed by atoms with Gasteiger partial charge in [0.1, 0.15) is 11.3 Å². The number of carboxylic acid groups (broad SMARTS) is 1. The van der Waals surface area contributed by atoms with Crippen LogP contribution in [0.2, 0.25) is 0 Å². The molecule has 158 valence electrons. The van der Waals surface area contributed by atoms with E-state index < -0.39 is 17.9 Å². The molecule has 0 aliphatic carbocycles. The zero-order chi connectivity index (χ0) is 21.7. The molecule has 1 amide bonds. The molecule has 1 heterocycles. The van der Waals surface area contributed by atoms with E-state index in [1.54, 1.807) is 31.4 Å². The van der Waals surface area contributed by atoms with Crippen molar-refractivity contribution in [2.45, 2.75) is 32.4 Å². The highest BCUT2D eigenvalue weighted by Gasteiger charge is 2.23. The fraction of sp³-hybridized carbons (Fsp3) is 0.304. The molecule has 1 aromatic heterocycles. The maximum absolute atomic E-state index is 12.5. The number of furan rings is 1. The molecule has 0 radical (unpaired) electrons. The number of hydrogen-bond donors (Lipinski definition) is 2. The second-order valence-corrected chi connectivity index (χ2v) is 7.25. The first-order valence-corrected chi connectivity index (χ1v) is 9.66. The first-order valence-electron chi connectivity index (χ1n) is 9.66. The number of amides is 1. The lowest BCUT2D eigenvalue weighted by atomic mass is 9.98. The van der Waals surface area contributed by atoms with Crippen LogP contribution in [0.5, 0.6) is 5.75 Å². The van der Waals surface area contributed by atoms with Gasteiger partial charge in [0.05, 0.1) is 20.3 Å². The van der Waals surface area contributed by atoms with E-state index in [2.05, 4.69) is 19.2 Å². The Hall–Kier alpha value is -3.32. The SMILES string of the molecule is COc1ccc2oc(C(=O)NC(COCc3ccccc3C(C)C)C(=O)O)cc2c1. The first-order chi connectivity index (χ1) is 14.4. The topological polar surface area (TPSA) is 98.0 Å². The number of rotatable bonds is 9. The zero-order valence-electron chi connectivity index (χ0n) is 17.2. The Morgan fingerprint density at radius 1 is 1.13 bits per heavy atom. The molecule has 1 atom stereocenters. The lowest BCUT2D eigenvalue weighted by Gasteiger charge is -2.16. The summed E-state index contributed by atoms with van der Waals surface area (Å²) in [6.07, 6.45) is 0. The highest BCUT2D eigenvalue weighted by atomic mass is 16.5. The van der Waals surface area contributed by atoms with Crippen molar-refractivity contribution >= 4 is 22.8 Å². The summed E-state index contributed by atoms with van der Waals surface area (Å²) in [5.74, 6) is -0.822. The van der Waals surface area contributed by atoms with E-state index in [4.69, 9.17) is 13.9 Å². The number of ether oxygens (including phenoxy) is 2. The first kappa shape index (κ1) is 21.4. The Kier molecular flexibility index (Phi) is 6.74. The molecule has 7 heteroatoms. The molecule has 3 rings (SSSR count). The minimum atomic E-state index is -1.20. The van der Waals surface area contributed by atoms with Crippen molar-refractivity contribution in [1.82, 2.24) is 5.32 Å². The van der Waals surface area contributed by atoms with E-state index in [0.717, 1.165) is 11.1 Å². The lowest BCUT2D eigenvalue weighted by molar-refractivity contribution is -0.141. The summed E-state index contributed by atoms with van der Waals surface area (Å²) < 4.78 is 16.3. The van der Waals surface area contributed by atoms with E-state index in [1.807, 2.05) is 24.3 Å². The smallest absolute Gasteiger partial charge is 0.328 e. The molecule has 0 saturated heterocycles. The Morgan fingerprint density at radius 2 is 1.90 bits per heavy atom. The number of benzene rings is 2. The fourth-order valence-electron chi connectivity index (χ4n) is 3.18. The predicted molar refractivity (Wildman–Crippen MR) is 112 cm³/mol. The lowest BCUT2D eigenvalue weighted by Crippen LogP contribution is -2.43. The number of fused-ring (bicyclic) bond motifs is 1. The van der Waals surface area contributed by atoms with E-state index in [-0.39, 0.29) is 19.0 Å². The third-order valence-corrected chi connectivity index (χ3v) is 4.77. The molecule has 0 spiro atoms. The fourth-order valence-corrected chi connectivity index (χ4v) is 3.18. The van der Waals surface area contributed by atoms with Crippen molar-refractivity contribution in [3.63, 3.8) is 0 Å².